The van der Waals surface area contributed by atoms with Crippen LogP contribution in [0.4, 0.5) is 4.39 Å². The van der Waals surface area contributed by atoms with Crippen LogP contribution in [-0.2, 0) is 6.54 Å². The maximum atomic E-state index is 13.1. The number of aryl methyl sites for hydroxylation is 2. The van der Waals surface area contributed by atoms with E-state index in [4.69, 9.17) is 5.11 Å². The van der Waals surface area contributed by atoms with E-state index in [0.717, 1.165) is 16.6 Å². The number of nitrogens with zero attached hydrogens (tertiary/aromatic N) is 2. The SMILES string of the molecule is Cc1nn(CCCO)c2cc(F)ccc12. The van der Waals surface area contributed by atoms with Crippen LogP contribution in [0.1, 0.15) is 12.1 Å². The Morgan fingerprint density at radius 3 is 3.00 bits per heavy atom. The van der Waals surface area contributed by atoms with Crippen molar-refractivity contribution in [2.24, 2.45) is 0 Å². The zero-order valence-corrected chi connectivity index (χ0v) is 8.57. The van der Waals surface area contributed by atoms with Crippen LogP contribution in [0.25, 0.3) is 10.9 Å². The van der Waals surface area contributed by atoms with Crippen molar-refractivity contribution < 1.29 is 9.50 Å². The first-order valence-electron chi connectivity index (χ1n) is 4.96. The van der Waals surface area contributed by atoms with E-state index in [-0.39, 0.29) is 12.4 Å². The molecule has 80 valence electrons. The van der Waals surface area contributed by atoms with E-state index in [2.05, 4.69) is 5.10 Å². The molecule has 0 fully saturated rings. The van der Waals surface area contributed by atoms with E-state index in [1.807, 2.05) is 6.92 Å². The standard InChI is InChI=1S/C11H13FN2O/c1-8-10-4-3-9(12)7-11(10)14(13-8)5-2-6-15/h3-4,7,15H,2,5-6H2,1H3. The van der Waals surface area contributed by atoms with E-state index < -0.39 is 0 Å². The molecule has 0 spiro atoms. The number of halogens is 1. The van der Waals surface area contributed by atoms with Gasteiger partial charge in [0.25, 0.3) is 0 Å². The molecule has 0 bridgehead atoms. The lowest BCUT2D eigenvalue weighted by molar-refractivity contribution is 0.278. The molecule has 2 rings (SSSR count). The number of rotatable bonds is 3. The molecule has 0 aliphatic heterocycles. The van der Waals surface area contributed by atoms with E-state index in [0.29, 0.717) is 13.0 Å². The molecule has 15 heavy (non-hydrogen) atoms. The number of benzene rings is 1. The molecular weight excluding hydrogens is 195 g/mol. The molecular formula is C11H13FN2O. The summed E-state index contributed by atoms with van der Waals surface area (Å²) in [6.07, 6.45) is 0.632. The van der Waals surface area contributed by atoms with Crippen LogP contribution in [0.15, 0.2) is 18.2 Å². The van der Waals surface area contributed by atoms with Crippen LogP contribution in [-0.4, -0.2) is 21.5 Å². The Balaban J connectivity index is 2.49. The first-order valence-corrected chi connectivity index (χ1v) is 4.96. The summed E-state index contributed by atoms with van der Waals surface area (Å²) in [6, 6.07) is 4.66. The average Bonchev–Trinajstić information content (AvgIpc) is 2.52. The molecule has 1 aromatic carbocycles. The second-order valence-electron chi connectivity index (χ2n) is 3.55. The highest BCUT2D eigenvalue weighted by molar-refractivity contribution is 5.81. The third-order valence-corrected chi connectivity index (χ3v) is 2.43. The van der Waals surface area contributed by atoms with E-state index in [1.54, 1.807) is 10.7 Å². The van der Waals surface area contributed by atoms with Crippen molar-refractivity contribution >= 4 is 10.9 Å². The van der Waals surface area contributed by atoms with Crippen LogP contribution >= 0.6 is 0 Å². The quantitative estimate of drug-likeness (QED) is 0.836. The summed E-state index contributed by atoms with van der Waals surface area (Å²) < 4.78 is 14.8. The summed E-state index contributed by atoms with van der Waals surface area (Å²) >= 11 is 0. The van der Waals surface area contributed by atoms with Crippen LogP contribution in [0.5, 0.6) is 0 Å². The molecule has 4 heteroatoms. The first kappa shape index (κ1) is 10.1. The van der Waals surface area contributed by atoms with Crippen molar-refractivity contribution in [3.63, 3.8) is 0 Å². The summed E-state index contributed by atoms with van der Waals surface area (Å²) in [5.41, 5.74) is 1.68. The number of aliphatic hydroxyl groups is 1. The number of hydrogen-bond donors (Lipinski definition) is 1. The third kappa shape index (κ3) is 1.85. The number of aliphatic hydroxyl groups excluding tert-OH is 1. The summed E-state index contributed by atoms with van der Waals surface area (Å²) in [5.74, 6) is -0.257. The van der Waals surface area contributed by atoms with E-state index >= 15 is 0 Å². The Kier molecular flexibility index (Phi) is 2.68. The molecule has 0 saturated carbocycles. The smallest absolute Gasteiger partial charge is 0.125 e. The van der Waals surface area contributed by atoms with Crippen LogP contribution in [0, 0.1) is 12.7 Å². The molecule has 0 unspecified atom stereocenters. The average molecular weight is 208 g/mol. The van der Waals surface area contributed by atoms with Gasteiger partial charge in [-0.25, -0.2) is 4.39 Å². The minimum absolute atomic E-state index is 0.121. The summed E-state index contributed by atoms with van der Waals surface area (Å²) in [4.78, 5) is 0. The largest absolute Gasteiger partial charge is 0.396 e. The van der Waals surface area contributed by atoms with Crippen molar-refractivity contribution in [2.75, 3.05) is 6.61 Å². The summed E-state index contributed by atoms with van der Waals surface area (Å²) in [5, 5.41) is 14.0. The highest BCUT2D eigenvalue weighted by Crippen LogP contribution is 2.19. The second kappa shape index (κ2) is 3.98. The van der Waals surface area contributed by atoms with Crippen molar-refractivity contribution in [1.82, 2.24) is 9.78 Å². The Bertz CT molecular complexity index is 479. The van der Waals surface area contributed by atoms with Gasteiger partial charge in [0, 0.05) is 18.5 Å². The van der Waals surface area contributed by atoms with Crippen LogP contribution in [0.2, 0.25) is 0 Å². The van der Waals surface area contributed by atoms with Crippen molar-refractivity contribution in [1.29, 1.82) is 0 Å². The third-order valence-electron chi connectivity index (χ3n) is 2.43. The number of hydrogen-bond acceptors (Lipinski definition) is 2. The van der Waals surface area contributed by atoms with Gasteiger partial charge in [-0.1, -0.05) is 0 Å². The van der Waals surface area contributed by atoms with E-state index in [1.165, 1.54) is 12.1 Å². The fourth-order valence-electron chi connectivity index (χ4n) is 1.70. The second-order valence-corrected chi connectivity index (χ2v) is 3.55. The molecule has 0 radical (unpaired) electrons. The van der Waals surface area contributed by atoms with Gasteiger partial charge in [0.2, 0.25) is 0 Å². The van der Waals surface area contributed by atoms with E-state index in [9.17, 15) is 4.39 Å². The molecule has 0 aliphatic rings. The van der Waals surface area contributed by atoms with Gasteiger partial charge in [-0.15, -0.1) is 0 Å². The molecule has 2 aromatic rings. The van der Waals surface area contributed by atoms with Gasteiger partial charge in [0.15, 0.2) is 0 Å². The predicted molar refractivity (Wildman–Crippen MR) is 56.1 cm³/mol. The lowest BCUT2D eigenvalue weighted by Gasteiger charge is -2.01. The van der Waals surface area contributed by atoms with Crippen LogP contribution < -0.4 is 0 Å². The molecule has 1 aromatic heterocycles. The zero-order chi connectivity index (χ0) is 10.8. The van der Waals surface area contributed by atoms with Crippen molar-refractivity contribution in [3.05, 3.63) is 29.7 Å². The molecule has 1 N–H and O–H groups in total. The minimum atomic E-state index is -0.257. The van der Waals surface area contributed by atoms with Crippen LogP contribution in [0.3, 0.4) is 0 Å². The van der Waals surface area contributed by atoms with Gasteiger partial charge in [0.05, 0.1) is 11.2 Å². The summed E-state index contributed by atoms with van der Waals surface area (Å²) in [6.45, 7) is 2.63. The topological polar surface area (TPSA) is 38.0 Å². The normalized spacial score (nSPS) is 11.1. The molecule has 0 aliphatic carbocycles. The van der Waals surface area contributed by atoms with Gasteiger partial charge in [-0.2, -0.15) is 5.10 Å². The Morgan fingerprint density at radius 2 is 2.27 bits per heavy atom. The molecule has 3 nitrogen and oxygen atoms in total. The zero-order valence-electron chi connectivity index (χ0n) is 8.57. The lowest BCUT2D eigenvalue weighted by Crippen LogP contribution is -2.02. The molecule has 0 amide bonds. The number of aromatic nitrogens is 2. The van der Waals surface area contributed by atoms with Crippen molar-refractivity contribution in [3.8, 4) is 0 Å². The molecule has 1 heterocycles. The highest BCUT2D eigenvalue weighted by Gasteiger charge is 2.07. The van der Waals surface area contributed by atoms with Gasteiger partial charge >= 0.3 is 0 Å². The minimum Gasteiger partial charge on any atom is -0.396 e. The molecule has 0 atom stereocenters. The first-order chi connectivity index (χ1) is 7.22. The number of fused-ring (bicyclic) bond motifs is 1. The van der Waals surface area contributed by atoms with Crippen molar-refractivity contribution in [2.45, 2.75) is 19.9 Å². The van der Waals surface area contributed by atoms with Gasteiger partial charge in [-0.3, -0.25) is 4.68 Å². The Labute approximate surface area is 87.1 Å². The van der Waals surface area contributed by atoms with Gasteiger partial charge in [-0.05, 0) is 31.5 Å². The maximum absolute atomic E-state index is 13.1. The molecule has 0 saturated heterocycles. The highest BCUT2D eigenvalue weighted by atomic mass is 19.1. The summed E-state index contributed by atoms with van der Waals surface area (Å²) in [7, 11) is 0. The lowest BCUT2D eigenvalue weighted by atomic mass is 10.2. The maximum Gasteiger partial charge on any atom is 0.125 e. The Hall–Kier alpha value is -1.42. The predicted octanol–water partition coefficient (Wildman–Crippen LogP) is 1.87. The Morgan fingerprint density at radius 1 is 1.47 bits per heavy atom. The fourth-order valence-corrected chi connectivity index (χ4v) is 1.70. The fraction of sp³-hybridized carbons (Fsp3) is 0.364. The monoisotopic (exact) mass is 208 g/mol. The van der Waals surface area contributed by atoms with Gasteiger partial charge < -0.3 is 5.11 Å². The van der Waals surface area contributed by atoms with Gasteiger partial charge in [0.1, 0.15) is 5.82 Å².